The van der Waals surface area contributed by atoms with Gasteiger partial charge in [-0.2, -0.15) is 0 Å². The molecule has 0 spiro atoms. The minimum atomic E-state index is -0.440. The smallest absolute Gasteiger partial charge is 0.152 e. The largest absolute Gasteiger partial charge is 0.298 e. The van der Waals surface area contributed by atoms with Gasteiger partial charge >= 0.3 is 0 Å². The molecule has 1 aliphatic rings. The summed E-state index contributed by atoms with van der Waals surface area (Å²) in [6, 6.07) is 4.48. The van der Waals surface area contributed by atoms with Gasteiger partial charge in [-0.3, -0.25) is 4.79 Å². The van der Waals surface area contributed by atoms with E-state index in [2.05, 4.69) is 0 Å². The van der Waals surface area contributed by atoms with Crippen LogP contribution in [0, 0.1) is 5.82 Å². The molecule has 0 saturated carbocycles. The number of halogens is 2. The van der Waals surface area contributed by atoms with Gasteiger partial charge in [0.05, 0.1) is 9.77 Å². The van der Waals surface area contributed by atoms with Gasteiger partial charge in [0.25, 0.3) is 0 Å². The summed E-state index contributed by atoms with van der Waals surface area (Å²) in [5.74, 6) is 0.818. The van der Waals surface area contributed by atoms with Crippen LogP contribution in [-0.2, 0) is 11.2 Å². The monoisotopic (exact) mass is 272 g/mol. The molecule has 1 fully saturated rings. The average Bonchev–Trinajstić information content (AvgIpc) is 2.72. The van der Waals surface area contributed by atoms with Crippen molar-refractivity contribution in [3.8, 4) is 0 Å². The first-order chi connectivity index (χ1) is 8.01. The van der Waals surface area contributed by atoms with Crippen LogP contribution in [0.4, 0.5) is 4.39 Å². The molecule has 17 heavy (non-hydrogen) atoms. The number of rotatable bonds is 3. The third kappa shape index (κ3) is 2.83. The van der Waals surface area contributed by atoms with Crippen LogP contribution < -0.4 is 0 Å². The van der Waals surface area contributed by atoms with E-state index in [0.29, 0.717) is 6.42 Å². The van der Waals surface area contributed by atoms with E-state index < -0.39 is 5.82 Å². The highest BCUT2D eigenvalue weighted by molar-refractivity contribution is 8.01. The third-order valence-corrected chi connectivity index (χ3v) is 5.01. The van der Waals surface area contributed by atoms with Crippen LogP contribution in [0.25, 0.3) is 0 Å². The van der Waals surface area contributed by atoms with E-state index in [4.69, 9.17) is 11.6 Å². The lowest BCUT2D eigenvalue weighted by molar-refractivity contribution is -0.120. The van der Waals surface area contributed by atoms with Crippen molar-refractivity contribution in [2.75, 3.05) is 5.75 Å². The molecule has 0 radical (unpaired) electrons. The van der Waals surface area contributed by atoms with Crippen molar-refractivity contribution in [3.63, 3.8) is 0 Å². The summed E-state index contributed by atoms with van der Waals surface area (Å²) in [4.78, 5) is 12.2. The maximum absolute atomic E-state index is 13.0. The van der Waals surface area contributed by atoms with E-state index in [1.807, 2.05) is 6.92 Å². The molecule has 1 atom stereocenters. The molecular formula is C13H14ClFOS. The molecule has 0 amide bonds. The Bertz CT molecular complexity index is 441. The molecule has 0 aliphatic carbocycles. The first-order valence-corrected chi connectivity index (χ1v) is 6.99. The summed E-state index contributed by atoms with van der Waals surface area (Å²) in [6.07, 6.45) is 2.37. The molecule has 0 aromatic heterocycles. The van der Waals surface area contributed by atoms with Gasteiger partial charge in [-0.05, 0) is 43.2 Å². The Balaban J connectivity index is 2.10. The SMILES string of the molecule is CC1(C(=O)Cc2ccc(F)c(Cl)c2)CCCS1. The van der Waals surface area contributed by atoms with Gasteiger partial charge in [-0.25, -0.2) is 4.39 Å². The molecule has 92 valence electrons. The molecule has 1 aliphatic heterocycles. The Hall–Kier alpha value is -0.540. The van der Waals surface area contributed by atoms with Crippen molar-refractivity contribution in [3.05, 3.63) is 34.6 Å². The number of hydrogen-bond acceptors (Lipinski definition) is 2. The highest BCUT2D eigenvalue weighted by atomic mass is 35.5. The zero-order valence-corrected chi connectivity index (χ0v) is 11.2. The lowest BCUT2D eigenvalue weighted by Crippen LogP contribution is -2.30. The number of carbonyl (C=O) groups is 1. The van der Waals surface area contributed by atoms with Crippen LogP contribution in [-0.4, -0.2) is 16.3 Å². The highest BCUT2D eigenvalue weighted by Gasteiger charge is 2.36. The topological polar surface area (TPSA) is 17.1 Å². The molecule has 1 heterocycles. The van der Waals surface area contributed by atoms with Crippen LogP contribution in [0.3, 0.4) is 0 Å². The molecule has 1 saturated heterocycles. The Morgan fingerprint density at radius 3 is 2.94 bits per heavy atom. The highest BCUT2D eigenvalue weighted by Crippen LogP contribution is 2.39. The predicted molar refractivity (Wildman–Crippen MR) is 70.2 cm³/mol. The second kappa shape index (κ2) is 4.99. The van der Waals surface area contributed by atoms with E-state index in [0.717, 1.165) is 24.2 Å². The van der Waals surface area contributed by atoms with E-state index >= 15 is 0 Å². The molecule has 2 rings (SSSR count). The molecular weight excluding hydrogens is 259 g/mol. The van der Waals surface area contributed by atoms with E-state index in [1.54, 1.807) is 17.8 Å². The summed E-state index contributed by atoms with van der Waals surface area (Å²) < 4.78 is 12.7. The molecule has 1 unspecified atom stereocenters. The molecule has 1 aromatic rings. The van der Waals surface area contributed by atoms with Crippen molar-refractivity contribution in [1.29, 1.82) is 0 Å². The van der Waals surface area contributed by atoms with Gasteiger partial charge < -0.3 is 0 Å². The quantitative estimate of drug-likeness (QED) is 0.831. The normalized spacial score (nSPS) is 23.9. The first kappa shape index (κ1) is 12.9. The van der Waals surface area contributed by atoms with Crippen LogP contribution in [0.5, 0.6) is 0 Å². The van der Waals surface area contributed by atoms with Crippen LogP contribution in [0.15, 0.2) is 18.2 Å². The fourth-order valence-electron chi connectivity index (χ4n) is 2.02. The molecule has 1 nitrogen and oxygen atoms in total. The van der Waals surface area contributed by atoms with Gasteiger partial charge in [-0.1, -0.05) is 17.7 Å². The van der Waals surface area contributed by atoms with Crippen LogP contribution in [0.2, 0.25) is 5.02 Å². The number of carbonyl (C=O) groups excluding carboxylic acids is 1. The van der Waals surface area contributed by atoms with E-state index in [1.165, 1.54) is 12.1 Å². The lowest BCUT2D eigenvalue weighted by atomic mass is 9.95. The Morgan fingerprint density at radius 1 is 1.59 bits per heavy atom. The first-order valence-electron chi connectivity index (χ1n) is 5.62. The standard InChI is InChI=1S/C13H14ClFOS/c1-13(5-2-6-17-13)12(16)8-9-3-4-11(15)10(14)7-9/h3-4,7H,2,5-6,8H2,1H3. The van der Waals surface area contributed by atoms with Crippen LogP contribution >= 0.6 is 23.4 Å². The Labute approximate surface area is 110 Å². The second-order valence-electron chi connectivity index (χ2n) is 4.53. The summed E-state index contributed by atoms with van der Waals surface area (Å²) >= 11 is 7.42. The number of benzene rings is 1. The average molecular weight is 273 g/mol. The van der Waals surface area contributed by atoms with E-state index in [-0.39, 0.29) is 15.6 Å². The van der Waals surface area contributed by atoms with Crippen molar-refractivity contribution in [2.45, 2.75) is 30.9 Å². The van der Waals surface area contributed by atoms with Crippen molar-refractivity contribution in [2.24, 2.45) is 0 Å². The third-order valence-electron chi connectivity index (χ3n) is 3.16. The lowest BCUT2D eigenvalue weighted by Gasteiger charge is -2.20. The second-order valence-corrected chi connectivity index (χ2v) is 6.54. The molecule has 4 heteroatoms. The number of Topliss-reactive ketones (excluding diaryl/α,β-unsaturated/α-hetero) is 1. The fraction of sp³-hybridized carbons (Fsp3) is 0.462. The molecule has 1 aromatic carbocycles. The summed E-state index contributed by atoms with van der Waals surface area (Å²) in [5.41, 5.74) is 0.787. The maximum atomic E-state index is 13.0. The van der Waals surface area contributed by atoms with Gasteiger partial charge in [-0.15, -0.1) is 11.8 Å². The number of thioether (sulfide) groups is 1. The predicted octanol–water partition coefficient (Wildman–Crippen LogP) is 3.88. The Morgan fingerprint density at radius 2 is 2.35 bits per heavy atom. The maximum Gasteiger partial charge on any atom is 0.152 e. The minimum Gasteiger partial charge on any atom is -0.298 e. The van der Waals surface area contributed by atoms with E-state index in [9.17, 15) is 9.18 Å². The Kier molecular flexibility index (Phi) is 3.79. The number of ketones is 1. The van der Waals surface area contributed by atoms with Crippen molar-refractivity contribution in [1.82, 2.24) is 0 Å². The van der Waals surface area contributed by atoms with Crippen LogP contribution in [0.1, 0.15) is 25.3 Å². The zero-order valence-electron chi connectivity index (χ0n) is 9.63. The van der Waals surface area contributed by atoms with Gasteiger partial charge in [0.1, 0.15) is 5.82 Å². The fourth-order valence-corrected chi connectivity index (χ4v) is 3.49. The van der Waals surface area contributed by atoms with Crippen molar-refractivity contribution < 1.29 is 9.18 Å². The molecule has 0 N–H and O–H groups in total. The van der Waals surface area contributed by atoms with Crippen molar-refractivity contribution >= 4 is 29.1 Å². The van der Waals surface area contributed by atoms with Gasteiger partial charge in [0.15, 0.2) is 5.78 Å². The number of hydrogen-bond donors (Lipinski definition) is 0. The van der Waals surface area contributed by atoms with Gasteiger partial charge in [0.2, 0.25) is 0 Å². The zero-order chi connectivity index (χ0) is 12.5. The summed E-state index contributed by atoms with van der Waals surface area (Å²) in [6.45, 7) is 2.00. The molecule has 0 bridgehead atoms. The summed E-state index contributed by atoms with van der Waals surface area (Å²) in [7, 11) is 0. The minimum absolute atomic E-state index is 0.0829. The van der Waals surface area contributed by atoms with Gasteiger partial charge in [0, 0.05) is 6.42 Å². The summed E-state index contributed by atoms with van der Waals surface area (Å²) in [5, 5.41) is 0.0829.